The fourth-order valence-corrected chi connectivity index (χ4v) is 3.33. The highest BCUT2D eigenvalue weighted by Crippen LogP contribution is 2.44. The van der Waals surface area contributed by atoms with Crippen LogP contribution in [-0.2, 0) is 17.1 Å². The number of alkyl halides is 6. The highest BCUT2D eigenvalue weighted by Gasteiger charge is 2.37. The van der Waals surface area contributed by atoms with Gasteiger partial charge in [-0.1, -0.05) is 17.7 Å². The van der Waals surface area contributed by atoms with E-state index in [-0.39, 0.29) is 35.1 Å². The molecule has 0 bridgehead atoms. The minimum Gasteiger partial charge on any atom is -0.312 e. The zero-order valence-corrected chi connectivity index (χ0v) is 14.3. The first-order valence-corrected chi connectivity index (χ1v) is 8.25. The molecule has 1 saturated heterocycles. The predicted molar refractivity (Wildman–Crippen MR) is 88.5 cm³/mol. The molecule has 0 atom stereocenters. The molecular weight excluding hydrogens is 396 g/mol. The maximum absolute atomic E-state index is 13.4. The Labute approximate surface area is 155 Å². The molecule has 1 aliphatic heterocycles. The van der Waals surface area contributed by atoms with E-state index >= 15 is 0 Å². The number of anilines is 1. The van der Waals surface area contributed by atoms with Gasteiger partial charge in [0, 0.05) is 29.2 Å². The molecular formula is C18H12ClF6NO. The van der Waals surface area contributed by atoms with Crippen LogP contribution in [0.5, 0.6) is 0 Å². The summed E-state index contributed by atoms with van der Waals surface area (Å²) in [7, 11) is 0. The standard InChI is InChI=1S/C18H12ClF6NO/c19-14-4-1-3-13(18(23,24)25)16(14)10-7-11(17(20,21)22)9-12(8-10)26-6-2-5-15(26)27/h1,3-4,7-9H,2,5-6H2. The molecule has 0 aromatic heterocycles. The lowest BCUT2D eigenvalue weighted by atomic mass is 9.96. The van der Waals surface area contributed by atoms with E-state index in [4.69, 9.17) is 11.6 Å². The maximum atomic E-state index is 13.4. The Bertz CT molecular complexity index is 890. The molecule has 0 N–H and O–H groups in total. The van der Waals surface area contributed by atoms with Gasteiger partial charge in [0.25, 0.3) is 0 Å². The normalized spacial score (nSPS) is 15.5. The summed E-state index contributed by atoms with van der Waals surface area (Å²) in [5.41, 5.74) is -3.30. The van der Waals surface area contributed by atoms with Crippen molar-refractivity contribution < 1.29 is 31.1 Å². The third-order valence-electron chi connectivity index (χ3n) is 4.24. The molecule has 2 aromatic rings. The molecule has 1 heterocycles. The Morgan fingerprint density at radius 3 is 2.22 bits per heavy atom. The number of rotatable bonds is 2. The molecule has 144 valence electrons. The summed E-state index contributed by atoms with van der Waals surface area (Å²) in [5, 5.41) is -0.331. The van der Waals surface area contributed by atoms with Crippen LogP contribution >= 0.6 is 11.6 Å². The molecule has 0 saturated carbocycles. The molecule has 3 rings (SSSR count). The summed E-state index contributed by atoms with van der Waals surface area (Å²) in [6.45, 7) is 0.203. The van der Waals surface area contributed by atoms with Gasteiger partial charge in [-0.15, -0.1) is 0 Å². The van der Waals surface area contributed by atoms with E-state index in [0.29, 0.717) is 12.5 Å². The Kier molecular flexibility index (Phi) is 4.88. The summed E-state index contributed by atoms with van der Waals surface area (Å²) in [5.74, 6) is -0.379. The van der Waals surface area contributed by atoms with E-state index in [2.05, 4.69) is 0 Å². The second-order valence-corrected chi connectivity index (χ2v) is 6.48. The number of nitrogens with zero attached hydrogens (tertiary/aromatic N) is 1. The Balaban J connectivity index is 2.27. The van der Waals surface area contributed by atoms with Crippen LogP contribution in [0.4, 0.5) is 32.0 Å². The predicted octanol–water partition coefficient (Wildman–Crippen LogP) is 6.17. The molecule has 1 fully saturated rings. The van der Waals surface area contributed by atoms with E-state index in [0.717, 1.165) is 29.2 Å². The van der Waals surface area contributed by atoms with Crippen LogP contribution in [0.25, 0.3) is 11.1 Å². The summed E-state index contributed by atoms with van der Waals surface area (Å²) in [6.07, 6.45) is -8.97. The van der Waals surface area contributed by atoms with Crippen molar-refractivity contribution in [1.29, 1.82) is 0 Å². The van der Waals surface area contributed by atoms with E-state index < -0.39 is 29.0 Å². The Morgan fingerprint density at radius 2 is 1.67 bits per heavy atom. The molecule has 0 radical (unpaired) electrons. The fraction of sp³-hybridized carbons (Fsp3) is 0.278. The molecule has 1 aliphatic rings. The molecule has 1 amide bonds. The molecule has 0 aliphatic carbocycles. The largest absolute Gasteiger partial charge is 0.417 e. The van der Waals surface area contributed by atoms with Crippen molar-refractivity contribution in [3.05, 3.63) is 52.5 Å². The van der Waals surface area contributed by atoms with Crippen LogP contribution in [0.15, 0.2) is 36.4 Å². The van der Waals surface area contributed by atoms with Crippen LogP contribution in [0, 0.1) is 0 Å². The number of carbonyl (C=O) groups excluding carboxylic acids is 1. The van der Waals surface area contributed by atoms with Gasteiger partial charge in [-0.3, -0.25) is 4.79 Å². The number of hydrogen-bond acceptors (Lipinski definition) is 1. The van der Waals surface area contributed by atoms with Gasteiger partial charge in [0.15, 0.2) is 0 Å². The number of benzene rings is 2. The van der Waals surface area contributed by atoms with Gasteiger partial charge in [-0.25, -0.2) is 0 Å². The lowest BCUT2D eigenvalue weighted by Crippen LogP contribution is -2.24. The Hall–Kier alpha value is -2.22. The number of carbonyl (C=O) groups is 1. The lowest BCUT2D eigenvalue weighted by molar-refractivity contribution is -0.137. The fourth-order valence-electron chi connectivity index (χ4n) is 3.05. The minimum atomic E-state index is -4.81. The van der Waals surface area contributed by atoms with E-state index in [1.165, 1.54) is 6.07 Å². The smallest absolute Gasteiger partial charge is 0.312 e. The van der Waals surface area contributed by atoms with Gasteiger partial charge < -0.3 is 4.90 Å². The van der Waals surface area contributed by atoms with Crippen LogP contribution in [0.3, 0.4) is 0 Å². The van der Waals surface area contributed by atoms with Crippen LogP contribution in [0.2, 0.25) is 5.02 Å². The highest BCUT2D eigenvalue weighted by atomic mass is 35.5. The average molecular weight is 408 g/mol. The van der Waals surface area contributed by atoms with Crippen molar-refractivity contribution in [2.24, 2.45) is 0 Å². The maximum Gasteiger partial charge on any atom is 0.417 e. The van der Waals surface area contributed by atoms with Gasteiger partial charge in [0.1, 0.15) is 0 Å². The summed E-state index contributed by atoms with van der Waals surface area (Å²) in [6, 6.07) is 5.51. The van der Waals surface area contributed by atoms with Gasteiger partial charge >= 0.3 is 12.4 Å². The van der Waals surface area contributed by atoms with Gasteiger partial charge in [-0.2, -0.15) is 26.3 Å². The number of hydrogen-bond donors (Lipinski definition) is 0. The lowest BCUT2D eigenvalue weighted by Gasteiger charge is -2.21. The Morgan fingerprint density at radius 1 is 0.963 bits per heavy atom. The second kappa shape index (κ2) is 6.74. The van der Waals surface area contributed by atoms with Gasteiger partial charge in [-0.05, 0) is 42.3 Å². The molecule has 27 heavy (non-hydrogen) atoms. The molecule has 0 unspecified atom stereocenters. The first-order chi connectivity index (χ1) is 12.5. The SMILES string of the molecule is O=C1CCCN1c1cc(-c2c(Cl)cccc2C(F)(F)F)cc(C(F)(F)F)c1. The summed E-state index contributed by atoms with van der Waals surface area (Å²) in [4.78, 5) is 13.1. The van der Waals surface area contributed by atoms with Gasteiger partial charge in [0.2, 0.25) is 5.91 Å². The monoisotopic (exact) mass is 407 g/mol. The highest BCUT2D eigenvalue weighted by molar-refractivity contribution is 6.33. The third-order valence-corrected chi connectivity index (χ3v) is 4.55. The summed E-state index contributed by atoms with van der Waals surface area (Å²) < 4.78 is 80.1. The van der Waals surface area contributed by atoms with Crippen LogP contribution in [-0.4, -0.2) is 12.5 Å². The first kappa shape index (κ1) is 19.5. The summed E-state index contributed by atoms with van der Waals surface area (Å²) >= 11 is 5.92. The average Bonchev–Trinajstić information content (AvgIpc) is 2.98. The zero-order valence-electron chi connectivity index (χ0n) is 13.6. The molecule has 9 heteroatoms. The van der Waals surface area contributed by atoms with E-state index in [1.54, 1.807) is 0 Å². The number of halogens is 7. The number of amides is 1. The van der Waals surface area contributed by atoms with Crippen molar-refractivity contribution in [1.82, 2.24) is 0 Å². The quantitative estimate of drug-likeness (QED) is 0.545. The topological polar surface area (TPSA) is 20.3 Å². The van der Waals surface area contributed by atoms with E-state index in [9.17, 15) is 31.1 Å². The van der Waals surface area contributed by atoms with Crippen LogP contribution in [0.1, 0.15) is 24.0 Å². The van der Waals surface area contributed by atoms with E-state index in [1.807, 2.05) is 0 Å². The van der Waals surface area contributed by atoms with Crippen molar-refractivity contribution in [2.75, 3.05) is 11.4 Å². The van der Waals surface area contributed by atoms with Crippen molar-refractivity contribution in [3.63, 3.8) is 0 Å². The second-order valence-electron chi connectivity index (χ2n) is 6.08. The van der Waals surface area contributed by atoms with Crippen molar-refractivity contribution in [2.45, 2.75) is 25.2 Å². The molecule has 0 spiro atoms. The van der Waals surface area contributed by atoms with Crippen LogP contribution < -0.4 is 4.90 Å². The van der Waals surface area contributed by atoms with Gasteiger partial charge in [0.05, 0.1) is 11.1 Å². The third kappa shape index (κ3) is 3.90. The minimum absolute atomic E-state index is 0.102. The van der Waals surface area contributed by atoms with Crippen molar-refractivity contribution >= 4 is 23.2 Å². The zero-order chi connectivity index (χ0) is 20.0. The van der Waals surface area contributed by atoms with Crippen molar-refractivity contribution in [3.8, 4) is 11.1 Å². The molecule has 2 aromatic carbocycles. The molecule has 2 nitrogen and oxygen atoms in total. The first-order valence-electron chi connectivity index (χ1n) is 7.87.